The molecule has 4 nitrogen and oxygen atoms in total. The Morgan fingerprint density at radius 1 is 1.03 bits per heavy atom. The number of ether oxygens (including phenoxy) is 2. The Labute approximate surface area is 188 Å². The summed E-state index contributed by atoms with van der Waals surface area (Å²) in [7, 11) is 3.23. The first-order valence-corrected chi connectivity index (χ1v) is 11.0. The van der Waals surface area contributed by atoms with Crippen molar-refractivity contribution in [1.82, 2.24) is 4.90 Å². The minimum Gasteiger partial charge on any atom is -0.493 e. The molecule has 0 saturated carbocycles. The average Bonchev–Trinajstić information content (AvgIpc) is 2.98. The lowest BCUT2D eigenvalue weighted by molar-refractivity contribution is -0.122. The summed E-state index contributed by atoms with van der Waals surface area (Å²) in [4.78, 5) is 15.2. The summed E-state index contributed by atoms with van der Waals surface area (Å²) in [5.41, 5.74) is 3.43. The molecular formula is C24H27NO3S2. The predicted molar refractivity (Wildman–Crippen MR) is 128 cm³/mol. The van der Waals surface area contributed by atoms with Gasteiger partial charge in [0.15, 0.2) is 11.5 Å². The van der Waals surface area contributed by atoms with Crippen molar-refractivity contribution in [2.45, 2.75) is 32.6 Å². The highest BCUT2D eigenvalue weighted by Crippen LogP contribution is 2.34. The summed E-state index contributed by atoms with van der Waals surface area (Å²) in [6, 6.07) is 14.1. The van der Waals surface area contributed by atoms with Crippen LogP contribution >= 0.6 is 24.0 Å². The second-order valence-corrected chi connectivity index (χ2v) is 9.82. The molecule has 1 fully saturated rings. The number of nitrogens with zero attached hydrogens (tertiary/aromatic N) is 1. The van der Waals surface area contributed by atoms with Gasteiger partial charge in [-0.2, -0.15) is 0 Å². The second-order valence-electron chi connectivity index (χ2n) is 8.14. The molecule has 158 valence electrons. The third-order valence-corrected chi connectivity index (χ3v) is 6.40. The van der Waals surface area contributed by atoms with Gasteiger partial charge in [0.2, 0.25) is 0 Å². The van der Waals surface area contributed by atoms with Gasteiger partial charge in [0, 0.05) is 6.54 Å². The molecule has 30 heavy (non-hydrogen) atoms. The maximum Gasteiger partial charge on any atom is 0.266 e. The molecule has 0 N–H and O–H groups in total. The molecule has 1 saturated heterocycles. The second kappa shape index (κ2) is 9.23. The van der Waals surface area contributed by atoms with E-state index in [0.29, 0.717) is 33.7 Å². The molecule has 0 aromatic heterocycles. The first-order valence-electron chi connectivity index (χ1n) is 9.79. The zero-order valence-corrected chi connectivity index (χ0v) is 19.7. The van der Waals surface area contributed by atoms with E-state index >= 15 is 0 Å². The van der Waals surface area contributed by atoms with E-state index in [0.717, 1.165) is 11.1 Å². The minimum absolute atomic E-state index is 0.0367. The SMILES string of the molecule is COc1ccc(CCN2C(=O)/C(=C\c3ccc(C(C)(C)C)cc3)SC2=S)cc1OC. The number of thiocarbonyl (C=S) groups is 1. The van der Waals surface area contributed by atoms with Crippen molar-refractivity contribution in [3.8, 4) is 11.5 Å². The third kappa shape index (κ3) is 5.05. The Bertz CT molecular complexity index is 975. The molecule has 1 heterocycles. The van der Waals surface area contributed by atoms with Gasteiger partial charge in [-0.15, -0.1) is 0 Å². The lowest BCUT2D eigenvalue weighted by Crippen LogP contribution is -2.30. The van der Waals surface area contributed by atoms with Crippen LogP contribution in [0.25, 0.3) is 6.08 Å². The van der Waals surface area contributed by atoms with Gasteiger partial charge < -0.3 is 9.47 Å². The highest BCUT2D eigenvalue weighted by atomic mass is 32.2. The van der Waals surface area contributed by atoms with Gasteiger partial charge in [0.25, 0.3) is 5.91 Å². The van der Waals surface area contributed by atoms with E-state index in [4.69, 9.17) is 21.7 Å². The number of methoxy groups -OCH3 is 2. The van der Waals surface area contributed by atoms with Gasteiger partial charge in [-0.05, 0) is 46.7 Å². The molecular weight excluding hydrogens is 414 g/mol. The van der Waals surface area contributed by atoms with E-state index in [1.807, 2.05) is 24.3 Å². The largest absolute Gasteiger partial charge is 0.493 e. The maximum atomic E-state index is 12.9. The van der Waals surface area contributed by atoms with Crippen LogP contribution in [0.2, 0.25) is 0 Å². The van der Waals surface area contributed by atoms with Crippen molar-refractivity contribution in [2.75, 3.05) is 20.8 Å². The zero-order valence-electron chi connectivity index (χ0n) is 18.0. The van der Waals surface area contributed by atoms with Crippen molar-refractivity contribution in [3.63, 3.8) is 0 Å². The number of carbonyl (C=O) groups is 1. The monoisotopic (exact) mass is 441 g/mol. The number of hydrogen-bond donors (Lipinski definition) is 0. The van der Waals surface area contributed by atoms with E-state index in [1.165, 1.54) is 17.3 Å². The lowest BCUT2D eigenvalue weighted by atomic mass is 9.87. The Morgan fingerprint density at radius 2 is 1.70 bits per heavy atom. The number of benzene rings is 2. The van der Waals surface area contributed by atoms with Crippen molar-refractivity contribution in [3.05, 3.63) is 64.1 Å². The summed E-state index contributed by atoms with van der Waals surface area (Å²) >= 11 is 6.83. The van der Waals surface area contributed by atoms with E-state index in [1.54, 1.807) is 19.1 Å². The van der Waals surface area contributed by atoms with Gasteiger partial charge in [-0.3, -0.25) is 9.69 Å². The molecule has 6 heteroatoms. The van der Waals surface area contributed by atoms with Gasteiger partial charge in [0.1, 0.15) is 4.32 Å². The summed E-state index contributed by atoms with van der Waals surface area (Å²) < 4.78 is 11.2. The Kier molecular flexibility index (Phi) is 6.88. The van der Waals surface area contributed by atoms with Gasteiger partial charge in [0.05, 0.1) is 19.1 Å². The number of thioether (sulfide) groups is 1. The average molecular weight is 442 g/mol. The lowest BCUT2D eigenvalue weighted by Gasteiger charge is -2.18. The molecule has 0 atom stereocenters. The first kappa shape index (κ1) is 22.4. The van der Waals surface area contributed by atoms with E-state index in [2.05, 4.69) is 45.0 Å². The molecule has 3 rings (SSSR count). The van der Waals surface area contributed by atoms with Crippen LogP contribution in [0, 0.1) is 0 Å². The maximum absolute atomic E-state index is 12.9. The van der Waals surface area contributed by atoms with Gasteiger partial charge >= 0.3 is 0 Å². The standard InChI is InChI=1S/C24H27NO3S2/c1-24(2,3)18-9-6-16(7-10-18)15-21-22(26)25(23(29)30-21)13-12-17-8-11-19(27-4)20(14-17)28-5/h6-11,14-15H,12-13H2,1-5H3/b21-15+. The Balaban J connectivity index is 1.69. The fourth-order valence-electron chi connectivity index (χ4n) is 3.20. The van der Waals surface area contributed by atoms with Crippen molar-refractivity contribution >= 4 is 40.3 Å². The molecule has 1 aliphatic rings. The van der Waals surface area contributed by atoms with Crippen molar-refractivity contribution in [2.24, 2.45) is 0 Å². The van der Waals surface area contributed by atoms with Crippen LogP contribution in [-0.4, -0.2) is 35.9 Å². The third-order valence-electron chi connectivity index (χ3n) is 5.02. The quantitative estimate of drug-likeness (QED) is 0.441. The van der Waals surface area contributed by atoms with Crippen LogP contribution in [-0.2, 0) is 16.6 Å². The van der Waals surface area contributed by atoms with Gasteiger partial charge in [-0.1, -0.05) is 75.1 Å². The van der Waals surface area contributed by atoms with Crippen molar-refractivity contribution in [1.29, 1.82) is 0 Å². The summed E-state index contributed by atoms with van der Waals surface area (Å²) in [6.45, 7) is 7.09. The molecule has 2 aromatic carbocycles. The molecule has 2 aromatic rings. The van der Waals surface area contributed by atoms with E-state index in [9.17, 15) is 4.79 Å². The van der Waals surface area contributed by atoms with Crippen LogP contribution in [0.15, 0.2) is 47.4 Å². The molecule has 0 spiro atoms. The topological polar surface area (TPSA) is 38.8 Å². The molecule has 1 aliphatic heterocycles. The number of hydrogen-bond acceptors (Lipinski definition) is 5. The van der Waals surface area contributed by atoms with Crippen molar-refractivity contribution < 1.29 is 14.3 Å². The fraction of sp³-hybridized carbons (Fsp3) is 0.333. The Morgan fingerprint density at radius 3 is 2.30 bits per heavy atom. The minimum atomic E-state index is -0.0367. The zero-order chi connectivity index (χ0) is 21.9. The summed E-state index contributed by atoms with van der Waals surface area (Å²) in [5.74, 6) is 1.33. The molecule has 0 bridgehead atoms. The predicted octanol–water partition coefficient (Wildman–Crippen LogP) is 5.45. The highest BCUT2D eigenvalue weighted by molar-refractivity contribution is 8.26. The smallest absolute Gasteiger partial charge is 0.266 e. The first-order chi connectivity index (χ1) is 14.2. The molecule has 0 unspecified atom stereocenters. The van der Waals surface area contributed by atoms with Crippen LogP contribution in [0.4, 0.5) is 0 Å². The normalized spacial score (nSPS) is 15.8. The Hall–Kier alpha value is -2.31. The van der Waals surface area contributed by atoms with Crippen LogP contribution in [0.5, 0.6) is 11.5 Å². The number of rotatable bonds is 6. The molecule has 1 amide bonds. The van der Waals surface area contributed by atoms with E-state index in [-0.39, 0.29) is 11.3 Å². The summed E-state index contributed by atoms with van der Waals surface area (Å²) in [5, 5.41) is 0. The van der Waals surface area contributed by atoms with Crippen LogP contribution < -0.4 is 9.47 Å². The van der Waals surface area contributed by atoms with Crippen LogP contribution in [0.3, 0.4) is 0 Å². The molecule has 0 radical (unpaired) electrons. The molecule has 0 aliphatic carbocycles. The van der Waals surface area contributed by atoms with E-state index < -0.39 is 0 Å². The highest BCUT2D eigenvalue weighted by Gasteiger charge is 2.31. The summed E-state index contributed by atoms with van der Waals surface area (Å²) in [6.07, 6.45) is 2.60. The van der Waals surface area contributed by atoms with Crippen LogP contribution in [0.1, 0.15) is 37.5 Å². The van der Waals surface area contributed by atoms with Gasteiger partial charge in [-0.25, -0.2) is 0 Å². The fourth-order valence-corrected chi connectivity index (χ4v) is 4.51. The number of amides is 1. The number of carbonyl (C=O) groups excluding carboxylic acids is 1.